The molecule has 4 nitrogen and oxygen atoms in total. The minimum atomic E-state index is -0.255. The van der Waals surface area contributed by atoms with Crippen LogP contribution in [0.1, 0.15) is 16.2 Å². The Hall–Kier alpha value is -2.36. The topological polar surface area (TPSA) is 66.0 Å². The zero-order valence-electron chi connectivity index (χ0n) is 8.42. The van der Waals surface area contributed by atoms with E-state index < -0.39 is 0 Å². The van der Waals surface area contributed by atoms with E-state index in [0.29, 0.717) is 5.82 Å². The quantitative estimate of drug-likeness (QED) is 0.606. The van der Waals surface area contributed by atoms with Gasteiger partial charge in [0, 0.05) is 12.4 Å². The first-order valence-electron chi connectivity index (χ1n) is 4.77. The Morgan fingerprint density at radius 3 is 2.88 bits per heavy atom. The van der Waals surface area contributed by atoms with E-state index in [4.69, 9.17) is 0 Å². The maximum absolute atomic E-state index is 11.7. The number of phenolic OH excluding ortho intramolecular Hbond substituents is 1. The van der Waals surface area contributed by atoms with E-state index in [1.807, 2.05) is 0 Å². The SMILES string of the molecule is O=C(C=Cc1ncc[nH]1)c1ccccc1O. The number of benzene rings is 1. The van der Waals surface area contributed by atoms with Gasteiger partial charge in [-0.25, -0.2) is 4.98 Å². The second-order valence-electron chi connectivity index (χ2n) is 3.19. The van der Waals surface area contributed by atoms with Crippen molar-refractivity contribution in [3.8, 4) is 5.75 Å². The number of para-hydroxylation sites is 1. The van der Waals surface area contributed by atoms with Crippen molar-refractivity contribution in [2.45, 2.75) is 0 Å². The molecule has 2 rings (SSSR count). The summed E-state index contributed by atoms with van der Waals surface area (Å²) in [5.74, 6) is 0.329. The average Bonchev–Trinajstić information content (AvgIpc) is 2.79. The molecule has 0 amide bonds. The van der Waals surface area contributed by atoms with Gasteiger partial charge < -0.3 is 10.1 Å². The van der Waals surface area contributed by atoms with Crippen molar-refractivity contribution < 1.29 is 9.90 Å². The van der Waals surface area contributed by atoms with E-state index in [1.165, 1.54) is 12.1 Å². The molecule has 0 spiro atoms. The molecule has 0 fully saturated rings. The maximum Gasteiger partial charge on any atom is 0.189 e. The third-order valence-electron chi connectivity index (χ3n) is 2.08. The van der Waals surface area contributed by atoms with Crippen LogP contribution in [-0.2, 0) is 0 Å². The molecule has 0 aliphatic heterocycles. The molecule has 2 aromatic rings. The number of carbonyl (C=O) groups is 1. The van der Waals surface area contributed by atoms with Gasteiger partial charge in [0.25, 0.3) is 0 Å². The largest absolute Gasteiger partial charge is 0.507 e. The number of allylic oxidation sites excluding steroid dienone is 1. The van der Waals surface area contributed by atoms with Gasteiger partial charge in [0.2, 0.25) is 0 Å². The standard InChI is InChI=1S/C12H10N2O2/c15-10-4-2-1-3-9(10)11(16)5-6-12-13-7-8-14-12/h1-8,15H,(H,13,14). The van der Waals surface area contributed by atoms with E-state index >= 15 is 0 Å². The Morgan fingerprint density at radius 1 is 1.38 bits per heavy atom. The van der Waals surface area contributed by atoms with Crippen LogP contribution in [-0.4, -0.2) is 20.9 Å². The molecule has 0 aliphatic carbocycles. The highest BCUT2D eigenvalue weighted by Gasteiger charge is 2.06. The van der Waals surface area contributed by atoms with Gasteiger partial charge in [-0.05, 0) is 24.3 Å². The van der Waals surface area contributed by atoms with Crippen molar-refractivity contribution in [2.24, 2.45) is 0 Å². The summed E-state index contributed by atoms with van der Waals surface area (Å²) in [6.45, 7) is 0. The summed E-state index contributed by atoms with van der Waals surface area (Å²) < 4.78 is 0. The fourth-order valence-electron chi connectivity index (χ4n) is 1.30. The van der Waals surface area contributed by atoms with Crippen molar-refractivity contribution >= 4 is 11.9 Å². The zero-order valence-corrected chi connectivity index (χ0v) is 8.42. The number of hydrogen-bond donors (Lipinski definition) is 2. The highest BCUT2D eigenvalue weighted by Crippen LogP contribution is 2.16. The van der Waals surface area contributed by atoms with Gasteiger partial charge in [-0.15, -0.1) is 0 Å². The van der Waals surface area contributed by atoms with Crippen molar-refractivity contribution in [1.82, 2.24) is 9.97 Å². The Morgan fingerprint density at radius 2 is 2.19 bits per heavy atom. The van der Waals surface area contributed by atoms with Gasteiger partial charge in [0.1, 0.15) is 11.6 Å². The zero-order chi connectivity index (χ0) is 11.4. The molecular formula is C12H10N2O2. The van der Waals surface area contributed by atoms with Crippen LogP contribution in [0.5, 0.6) is 5.75 Å². The average molecular weight is 214 g/mol. The first-order chi connectivity index (χ1) is 7.77. The minimum Gasteiger partial charge on any atom is -0.507 e. The molecule has 0 saturated carbocycles. The smallest absolute Gasteiger partial charge is 0.189 e. The molecule has 0 bridgehead atoms. The Kier molecular flexibility index (Phi) is 2.82. The van der Waals surface area contributed by atoms with Crippen LogP contribution in [0.3, 0.4) is 0 Å². The van der Waals surface area contributed by atoms with Gasteiger partial charge in [0.15, 0.2) is 5.78 Å². The van der Waals surface area contributed by atoms with E-state index in [2.05, 4.69) is 9.97 Å². The first-order valence-corrected chi connectivity index (χ1v) is 4.77. The van der Waals surface area contributed by atoms with Crippen molar-refractivity contribution in [2.75, 3.05) is 0 Å². The van der Waals surface area contributed by atoms with Gasteiger partial charge >= 0.3 is 0 Å². The second-order valence-corrected chi connectivity index (χ2v) is 3.19. The van der Waals surface area contributed by atoms with E-state index in [0.717, 1.165) is 0 Å². The lowest BCUT2D eigenvalue weighted by atomic mass is 10.1. The van der Waals surface area contributed by atoms with Crippen LogP contribution < -0.4 is 0 Å². The fourth-order valence-corrected chi connectivity index (χ4v) is 1.30. The molecule has 1 heterocycles. The lowest BCUT2D eigenvalue weighted by molar-refractivity contribution is 0.104. The minimum absolute atomic E-state index is 0.0170. The third-order valence-corrected chi connectivity index (χ3v) is 2.08. The Bertz CT molecular complexity index is 516. The molecular weight excluding hydrogens is 204 g/mol. The lowest BCUT2D eigenvalue weighted by Gasteiger charge is -1.98. The van der Waals surface area contributed by atoms with Crippen LogP contribution >= 0.6 is 0 Å². The van der Waals surface area contributed by atoms with Crippen molar-refractivity contribution in [3.05, 3.63) is 54.1 Å². The van der Waals surface area contributed by atoms with Crippen molar-refractivity contribution in [1.29, 1.82) is 0 Å². The number of aromatic nitrogens is 2. The van der Waals surface area contributed by atoms with E-state index in [9.17, 15) is 9.90 Å². The third kappa shape index (κ3) is 2.17. The molecule has 0 radical (unpaired) electrons. The monoisotopic (exact) mass is 214 g/mol. The molecule has 0 unspecified atom stereocenters. The summed E-state index contributed by atoms with van der Waals surface area (Å²) in [5.41, 5.74) is 0.283. The number of aromatic amines is 1. The number of imidazole rings is 1. The maximum atomic E-state index is 11.7. The van der Waals surface area contributed by atoms with Crippen LogP contribution in [0.4, 0.5) is 0 Å². The normalized spacial score (nSPS) is 10.8. The summed E-state index contributed by atoms with van der Waals surface area (Å²) in [6.07, 6.45) is 6.21. The molecule has 16 heavy (non-hydrogen) atoms. The number of rotatable bonds is 3. The number of phenols is 1. The summed E-state index contributed by atoms with van der Waals surface area (Å²) in [6, 6.07) is 6.42. The van der Waals surface area contributed by atoms with Crippen LogP contribution in [0.15, 0.2) is 42.7 Å². The molecule has 1 aromatic carbocycles. The molecule has 0 atom stereocenters. The fraction of sp³-hybridized carbons (Fsp3) is 0. The number of nitrogens with one attached hydrogen (secondary N) is 1. The molecule has 1 aromatic heterocycles. The van der Waals surface area contributed by atoms with Gasteiger partial charge in [0.05, 0.1) is 5.56 Å². The van der Waals surface area contributed by atoms with Crippen LogP contribution in [0, 0.1) is 0 Å². The number of hydrogen-bond acceptors (Lipinski definition) is 3. The summed E-state index contributed by atoms with van der Waals surface area (Å²) in [4.78, 5) is 18.5. The van der Waals surface area contributed by atoms with Gasteiger partial charge in [-0.2, -0.15) is 0 Å². The first kappa shape index (κ1) is 10.2. The summed E-state index contributed by atoms with van der Waals surface area (Å²) in [7, 11) is 0. The molecule has 0 aliphatic rings. The lowest BCUT2D eigenvalue weighted by Crippen LogP contribution is -1.94. The van der Waals surface area contributed by atoms with Crippen LogP contribution in [0.2, 0.25) is 0 Å². The summed E-state index contributed by atoms with van der Waals surface area (Å²) >= 11 is 0. The Labute approximate surface area is 92.3 Å². The summed E-state index contributed by atoms with van der Waals surface area (Å²) in [5, 5.41) is 9.46. The molecule has 80 valence electrons. The number of H-pyrrole nitrogens is 1. The number of aromatic hydroxyl groups is 1. The molecule has 4 heteroatoms. The van der Waals surface area contributed by atoms with E-state index in [1.54, 1.807) is 36.7 Å². The van der Waals surface area contributed by atoms with Crippen molar-refractivity contribution in [3.63, 3.8) is 0 Å². The predicted molar refractivity (Wildman–Crippen MR) is 60.1 cm³/mol. The number of nitrogens with zero attached hydrogens (tertiary/aromatic N) is 1. The second kappa shape index (κ2) is 4.44. The Balaban J connectivity index is 2.18. The molecule has 2 N–H and O–H groups in total. The van der Waals surface area contributed by atoms with Crippen LogP contribution in [0.25, 0.3) is 6.08 Å². The number of carbonyl (C=O) groups excluding carboxylic acids is 1. The van der Waals surface area contributed by atoms with Gasteiger partial charge in [-0.3, -0.25) is 4.79 Å². The predicted octanol–water partition coefficient (Wildman–Crippen LogP) is 2.01. The molecule has 0 saturated heterocycles. The van der Waals surface area contributed by atoms with Gasteiger partial charge in [-0.1, -0.05) is 12.1 Å². The van der Waals surface area contributed by atoms with E-state index in [-0.39, 0.29) is 17.1 Å². The number of ketones is 1. The highest BCUT2D eigenvalue weighted by molar-refractivity contribution is 6.08. The highest BCUT2D eigenvalue weighted by atomic mass is 16.3.